The van der Waals surface area contributed by atoms with Gasteiger partial charge in [0.2, 0.25) is 9.84 Å². The van der Waals surface area contributed by atoms with Gasteiger partial charge >= 0.3 is 0 Å². The minimum Gasteiger partial charge on any atom is -0.375 e. The third-order valence-electron chi connectivity index (χ3n) is 4.35. The normalized spacial score (nSPS) is 11.6. The van der Waals surface area contributed by atoms with E-state index in [1.165, 1.54) is 7.11 Å². The van der Waals surface area contributed by atoms with E-state index in [1.54, 1.807) is 31.2 Å². The zero-order valence-electron chi connectivity index (χ0n) is 15.9. The van der Waals surface area contributed by atoms with Crippen molar-refractivity contribution in [2.24, 2.45) is 0 Å². The Labute approximate surface area is 155 Å². The number of hydrogen-bond acceptors (Lipinski definition) is 4. The van der Waals surface area contributed by atoms with Crippen LogP contribution in [0.15, 0.2) is 34.1 Å². The molecule has 0 fully saturated rings. The Morgan fingerprint density at radius 2 is 1.77 bits per heavy atom. The van der Waals surface area contributed by atoms with E-state index >= 15 is 0 Å². The predicted octanol–water partition coefficient (Wildman–Crippen LogP) is 3.24. The van der Waals surface area contributed by atoms with E-state index < -0.39 is 9.84 Å². The Bertz CT molecular complexity index is 897. The lowest BCUT2D eigenvalue weighted by Crippen LogP contribution is -2.21. The van der Waals surface area contributed by atoms with Crippen molar-refractivity contribution < 1.29 is 17.9 Å². The van der Waals surface area contributed by atoms with Crippen molar-refractivity contribution in [3.63, 3.8) is 0 Å². The third kappa shape index (κ3) is 3.83. The highest BCUT2D eigenvalue weighted by Crippen LogP contribution is 2.35. The van der Waals surface area contributed by atoms with E-state index in [4.69, 9.17) is 4.74 Å². The van der Waals surface area contributed by atoms with Crippen LogP contribution in [0.1, 0.15) is 30.2 Å². The summed E-state index contributed by atoms with van der Waals surface area (Å²) < 4.78 is 33.3. The number of benzene rings is 1. The molecule has 0 aliphatic heterocycles. The smallest absolute Gasteiger partial charge is 0.251 e. The first-order valence-corrected chi connectivity index (χ1v) is 10.0. The highest BCUT2D eigenvalue weighted by Gasteiger charge is 2.30. The summed E-state index contributed by atoms with van der Waals surface area (Å²) in [6.07, 6.45) is 0.812. The number of aromatic nitrogens is 1. The van der Waals surface area contributed by atoms with Crippen molar-refractivity contribution in [1.29, 1.82) is 0 Å². The van der Waals surface area contributed by atoms with Gasteiger partial charge in [-0.05, 0) is 44.9 Å². The molecule has 6 nitrogen and oxygen atoms in total. The minimum atomic E-state index is -3.77. The van der Waals surface area contributed by atoms with Gasteiger partial charge in [0, 0.05) is 19.3 Å². The number of carbonyl (C=O) groups excluding carboxylic acids is 1. The van der Waals surface area contributed by atoms with Gasteiger partial charge in [-0.1, -0.05) is 24.6 Å². The van der Waals surface area contributed by atoms with Gasteiger partial charge in [-0.3, -0.25) is 4.79 Å². The molecular weight excluding hydrogens is 352 g/mol. The molecule has 2 rings (SSSR count). The fraction of sp³-hybridized carbons (Fsp3) is 0.421. The molecule has 0 spiro atoms. The molecule has 0 aliphatic carbocycles. The molecule has 1 aromatic carbocycles. The lowest BCUT2D eigenvalue weighted by atomic mass is 10.2. The average molecular weight is 378 g/mol. The Kier molecular flexibility index (Phi) is 6.26. The fourth-order valence-electron chi connectivity index (χ4n) is 2.93. The lowest BCUT2D eigenvalue weighted by Gasteiger charge is -2.13. The number of nitrogens with zero attached hydrogens (tertiary/aromatic N) is 1. The Hall–Kier alpha value is -2.12. The van der Waals surface area contributed by atoms with Crippen molar-refractivity contribution in [2.45, 2.75) is 50.5 Å². The van der Waals surface area contributed by atoms with Crippen LogP contribution in [0.2, 0.25) is 0 Å². The topological polar surface area (TPSA) is 77.4 Å². The second kappa shape index (κ2) is 8.05. The first-order chi connectivity index (χ1) is 12.2. The largest absolute Gasteiger partial charge is 0.375 e. The molecule has 1 amide bonds. The van der Waals surface area contributed by atoms with Gasteiger partial charge in [0.05, 0.1) is 4.90 Å². The standard InChI is InChI=1S/C19H26N2O4S/c1-6-11-21-15(4)14(3)18(19(21)20-17(22)12-25-5)26(23,24)16-9-7-13(2)8-10-16/h7-10H,6,11-12H2,1-5H3,(H,20,22). The molecule has 0 saturated heterocycles. The molecule has 0 aliphatic rings. The number of nitrogens with one attached hydrogen (secondary N) is 1. The Morgan fingerprint density at radius 1 is 1.15 bits per heavy atom. The number of amides is 1. The zero-order chi connectivity index (χ0) is 19.5. The number of hydrogen-bond donors (Lipinski definition) is 1. The second-order valence-electron chi connectivity index (χ2n) is 6.34. The van der Waals surface area contributed by atoms with Crippen LogP contribution in [0.5, 0.6) is 0 Å². The van der Waals surface area contributed by atoms with Crippen LogP contribution in [-0.4, -0.2) is 32.6 Å². The van der Waals surface area contributed by atoms with Crippen LogP contribution >= 0.6 is 0 Å². The second-order valence-corrected chi connectivity index (χ2v) is 8.22. The van der Waals surface area contributed by atoms with E-state index in [2.05, 4.69) is 5.32 Å². The fourth-order valence-corrected chi connectivity index (χ4v) is 4.62. The molecule has 2 aromatic rings. The SMILES string of the molecule is CCCn1c(C)c(C)c(S(=O)(=O)c2ccc(C)cc2)c1NC(=O)COC. The maximum atomic E-state index is 13.3. The third-order valence-corrected chi connectivity index (χ3v) is 6.28. The van der Waals surface area contributed by atoms with Gasteiger partial charge in [-0.15, -0.1) is 0 Å². The molecular formula is C19H26N2O4S. The maximum Gasteiger partial charge on any atom is 0.251 e. The number of methoxy groups -OCH3 is 1. The molecule has 0 atom stereocenters. The number of aryl methyl sites for hydroxylation is 1. The molecule has 0 radical (unpaired) electrons. The number of ether oxygens (including phenoxy) is 1. The summed E-state index contributed by atoms with van der Waals surface area (Å²) in [6.45, 7) is 8.02. The number of sulfone groups is 1. The maximum absolute atomic E-state index is 13.3. The van der Waals surface area contributed by atoms with Crippen LogP contribution in [0.25, 0.3) is 0 Å². The molecule has 1 heterocycles. The van der Waals surface area contributed by atoms with Crippen LogP contribution in [0.4, 0.5) is 5.82 Å². The van der Waals surface area contributed by atoms with Crippen LogP contribution in [0, 0.1) is 20.8 Å². The van der Waals surface area contributed by atoms with E-state index in [0.717, 1.165) is 17.7 Å². The number of anilines is 1. The van der Waals surface area contributed by atoms with Crippen LogP contribution < -0.4 is 5.32 Å². The van der Waals surface area contributed by atoms with Crippen molar-refractivity contribution in [3.05, 3.63) is 41.1 Å². The molecule has 142 valence electrons. The van der Waals surface area contributed by atoms with Crippen molar-refractivity contribution in [1.82, 2.24) is 4.57 Å². The predicted molar refractivity (Wildman–Crippen MR) is 101 cm³/mol. The quantitative estimate of drug-likeness (QED) is 0.802. The highest BCUT2D eigenvalue weighted by atomic mass is 32.2. The summed E-state index contributed by atoms with van der Waals surface area (Å²) in [6, 6.07) is 6.72. The highest BCUT2D eigenvalue weighted by molar-refractivity contribution is 7.91. The van der Waals surface area contributed by atoms with Crippen molar-refractivity contribution in [2.75, 3.05) is 19.0 Å². The summed E-state index contributed by atoms with van der Waals surface area (Å²) in [5.41, 5.74) is 2.45. The van der Waals surface area contributed by atoms with Gasteiger partial charge in [-0.2, -0.15) is 0 Å². The summed E-state index contributed by atoms with van der Waals surface area (Å²) in [4.78, 5) is 12.5. The van der Waals surface area contributed by atoms with Gasteiger partial charge in [0.15, 0.2) is 0 Å². The minimum absolute atomic E-state index is 0.139. The monoisotopic (exact) mass is 378 g/mol. The zero-order valence-corrected chi connectivity index (χ0v) is 16.7. The van der Waals surface area contributed by atoms with Gasteiger partial charge in [0.1, 0.15) is 17.3 Å². The molecule has 0 saturated carbocycles. The van der Waals surface area contributed by atoms with Crippen LogP contribution in [0.3, 0.4) is 0 Å². The van der Waals surface area contributed by atoms with Crippen LogP contribution in [-0.2, 0) is 25.9 Å². The van der Waals surface area contributed by atoms with Gasteiger partial charge in [0.25, 0.3) is 5.91 Å². The van der Waals surface area contributed by atoms with Crippen molar-refractivity contribution in [3.8, 4) is 0 Å². The summed E-state index contributed by atoms with van der Waals surface area (Å²) >= 11 is 0. The molecule has 7 heteroatoms. The van der Waals surface area contributed by atoms with E-state index in [-0.39, 0.29) is 22.3 Å². The van der Waals surface area contributed by atoms with Gasteiger partial charge in [-0.25, -0.2) is 8.42 Å². The van der Waals surface area contributed by atoms with E-state index in [0.29, 0.717) is 17.9 Å². The molecule has 0 unspecified atom stereocenters. The molecule has 26 heavy (non-hydrogen) atoms. The first-order valence-electron chi connectivity index (χ1n) is 8.54. The lowest BCUT2D eigenvalue weighted by molar-refractivity contribution is -0.119. The summed E-state index contributed by atoms with van der Waals surface area (Å²) in [5, 5.41) is 2.73. The summed E-state index contributed by atoms with van der Waals surface area (Å²) in [5.74, 6) is -0.0767. The number of carbonyl (C=O) groups is 1. The number of rotatable bonds is 7. The first kappa shape index (κ1) is 20.2. The van der Waals surface area contributed by atoms with Crippen molar-refractivity contribution >= 4 is 21.6 Å². The van der Waals surface area contributed by atoms with E-state index in [1.807, 2.05) is 25.3 Å². The molecule has 1 aromatic heterocycles. The Balaban J connectivity index is 2.68. The molecule has 0 bridgehead atoms. The van der Waals surface area contributed by atoms with E-state index in [9.17, 15) is 13.2 Å². The molecule has 1 N–H and O–H groups in total. The Morgan fingerprint density at radius 3 is 2.31 bits per heavy atom. The van der Waals surface area contributed by atoms with Gasteiger partial charge < -0.3 is 14.6 Å². The average Bonchev–Trinajstić information content (AvgIpc) is 2.81. The summed E-state index contributed by atoms with van der Waals surface area (Å²) in [7, 11) is -2.35.